The summed E-state index contributed by atoms with van der Waals surface area (Å²) in [5.74, 6) is 1.03. The van der Waals surface area contributed by atoms with Crippen molar-refractivity contribution in [2.24, 2.45) is 4.99 Å². The number of fused-ring (bicyclic) bond motifs is 2. The number of piperazine rings is 1. The third kappa shape index (κ3) is 4.53. The Balaban J connectivity index is 1.53. The number of nitrogens with zero attached hydrogens (tertiary/aromatic N) is 3. The van der Waals surface area contributed by atoms with Gasteiger partial charge in [0.05, 0.1) is 25.5 Å². The van der Waals surface area contributed by atoms with E-state index >= 15 is 0 Å². The van der Waals surface area contributed by atoms with E-state index in [4.69, 9.17) is 26.4 Å². The van der Waals surface area contributed by atoms with Crippen molar-refractivity contribution >= 4 is 34.9 Å². The minimum atomic E-state index is 0.0799. The van der Waals surface area contributed by atoms with E-state index in [1.807, 2.05) is 12.1 Å². The number of aliphatic imine (C=N–C) groups is 1. The molecule has 7 heteroatoms. The second kappa shape index (κ2) is 9.29. The smallest absolute Gasteiger partial charge is 0.137 e. The predicted molar refractivity (Wildman–Crippen MR) is 114 cm³/mol. The maximum Gasteiger partial charge on any atom is 0.137 e. The molecule has 4 rings (SSSR count). The molecule has 2 aliphatic heterocycles. The van der Waals surface area contributed by atoms with Crippen LogP contribution in [0.3, 0.4) is 0 Å². The Morgan fingerprint density at radius 3 is 2.68 bits per heavy atom. The third-order valence-corrected chi connectivity index (χ3v) is 6.33. The summed E-state index contributed by atoms with van der Waals surface area (Å²) in [7, 11) is 0. The molecule has 0 amide bonds. The highest BCUT2D eigenvalue weighted by Crippen LogP contribution is 2.41. The summed E-state index contributed by atoms with van der Waals surface area (Å²) < 4.78 is 5.40. The second-order valence-corrected chi connectivity index (χ2v) is 8.33. The van der Waals surface area contributed by atoms with Gasteiger partial charge in [-0.25, -0.2) is 4.99 Å². The Labute approximate surface area is 175 Å². The number of hydrogen-bond acceptors (Lipinski definition) is 6. The van der Waals surface area contributed by atoms with Crippen molar-refractivity contribution in [2.45, 2.75) is 9.79 Å². The maximum atomic E-state index is 8.80. The molecule has 2 aromatic carbocycles. The first-order valence-corrected chi connectivity index (χ1v) is 10.8. The van der Waals surface area contributed by atoms with Crippen LogP contribution in [0.25, 0.3) is 0 Å². The third-order valence-electron chi connectivity index (χ3n) is 4.95. The number of halogens is 1. The van der Waals surface area contributed by atoms with Crippen LogP contribution in [0.1, 0.15) is 5.56 Å². The number of benzene rings is 2. The normalized spacial score (nSPS) is 16.9. The molecule has 2 aromatic rings. The van der Waals surface area contributed by atoms with Gasteiger partial charge in [-0.3, -0.25) is 4.90 Å². The highest BCUT2D eigenvalue weighted by atomic mass is 35.5. The van der Waals surface area contributed by atoms with Crippen LogP contribution in [0.4, 0.5) is 5.69 Å². The van der Waals surface area contributed by atoms with Crippen LogP contribution in [-0.2, 0) is 4.74 Å². The van der Waals surface area contributed by atoms with Crippen LogP contribution < -0.4 is 0 Å². The van der Waals surface area contributed by atoms with Gasteiger partial charge >= 0.3 is 0 Å². The summed E-state index contributed by atoms with van der Waals surface area (Å²) in [5.41, 5.74) is 2.11. The van der Waals surface area contributed by atoms with E-state index in [2.05, 4.69) is 40.1 Å². The van der Waals surface area contributed by atoms with Crippen molar-refractivity contribution in [2.75, 3.05) is 52.5 Å². The van der Waals surface area contributed by atoms with E-state index in [1.54, 1.807) is 11.8 Å². The van der Waals surface area contributed by atoms with E-state index in [0.717, 1.165) is 49.1 Å². The van der Waals surface area contributed by atoms with E-state index in [0.29, 0.717) is 18.2 Å². The highest BCUT2D eigenvalue weighted by molar-refractivity contribution is 7.99. The predicted octanol–water partition coefficient (Wildman–Crippen LogP) is 3.51. The minimum Gasteiger partial charge on any atom is -0.394 e. The standard InChI is InChI=1S/C21H24ClN3O2S/c22-16-5-6-20-18(15-16)23-21(17-3-1-2-4-19(17)28-20)25-9-7-24(8-10-25)11-13-27-14-12-26/h1-6,15,26H,7-14H2. The van der Waals surface area contributed by atoms with Gasteiger partial charge in [-0.2, -0.15) is 0 Å². The molecular formula is C21H24ClN3O2S. The number of rotatable bonds is 5. The van der Waals surface area contributed by atoms with E-state index in [-0.39, 0.29) is 6.61 Å². The molecule has 2 heterocycles. The summed E-state index contributed by atoms with van der Waals surface area (Å²) in [6.45, 7) is 5.83. The molecule has 1 fully saturated rings. The molecule has 1 N–H and O–H groups in total. The van der Waals surface area contributed by atoms with Crippen LogP contribution in [0.2, 0.25) is 5.02 Å². The Hall–Kier alpha value is -1.57. The first kappa shape index (κ1) is 19.7. The van der Waals surface area contributed by atoms with Crippen molar-refractivity contribution < 1.29 is 9.84 Å². The van der Waals surface area contributed by atoms with Gasteiger partial charge < -0.3 is 14.7 Å². The van der Waals surface area contributed by atoms with Crippen molar-refractivity contribution in [3.05, 3.63) is 53.1 Å². The van der Waals surface area contributed by atoms with Gasteiger partial charge in [-0.15, -0.1) is 0 Å². The Kier molecular flexibility index (Phi) is 6.54. The molecule has 5 nitrogen and oxygen atoms in total. The lowest BCUT2D eigenvalue weighted by atomic mass is 10.1. The number of aliphatic hydroxyl groups is 1. The Morgan fingerprint density at radius 1 is 1.04 bits per heavy atom. The summed E-state index contributed by atoms with van der Waals surface area (Å²) in [6, 6.07) is 14.4. The van der Waals surface area contributed by atoms with Crippen molar-refractivity contribution in [1.82, 2.24) is 9.80 Å². The second-order valence-electron chi connectivity index (χ2n) is 6.81. The van der Waals surface area contributed by atoms with Crippen LogP contribution in [0, 0.1) is 0 Å². The maximum absolute atomic E-state index is 8.80. The molecule has 0 bridgehead atoms. The average molecular weight is 418 g/mol. The molecule has 0 spiro atoms. The molecule has 2 aliphatic rings. The van der Waals surface area contributed by atoms with Gasteiger partial charge in [-0.05, 0) is 24.3 Å². The molecule has 0 aliphatic carbocycles. The molecule has 0 saturated carbocycles. The number of amidine groups is 1. The fraction of sp³-hybridized carbons (Fsp3) is 0.381. The molecular weight excluding hydrogens is 394 g/mol. The zero-order valence-corrected chi connectivity index (χ0v) is 17.3. The number of ether oxygens (including phenoxy) is 1. The van der Waals surface area contributed by atoms with Crippen molar-refractivity contribution in [1.29, 1.82) is 0 Å². The van der Waals surface area contributed by atoms with Gasteiger partial charge in [0.2, 0.25) is 0 Å². The largest absolute Gasteiger partial charge is 0.394 e. The van der Waals surface area contributed by atoms with Gasteiger partial charge in [-0.1, -0.05) is 41.6 Å². The Bertz CT molecular complexity index is 853. The fourth-order valence-electron chi connectivity index (χ4n) is 3.48. The van der Waals surface area contributed by atoms with Crippen LogP contribution >= 0.6 is 23.4 Å². The lowest BCUT2D eigenvalue weighted by Gasteiger charge is -2.36. The lowest BCUT2D eigenvalue weighted by Crippen LogP contribution is -2.49. The summed E-state index contributed by atoms with van der Waals surface area (Å²) in [4.78, 5) is 12.2. The zero-order valence-electron chi connectivity index (χ0n) is 15.7. The zero-order chi connectivity index (χ0) is 19.3. The average Bonchev–Trinajstić information content (AvgIpc) is 2.88. The van der Waals surface area contributed by atoms with Crippen LogP contribution in [0.15, 0.2) is 57.2 Å². The van der Waals surface area contributed by atoms with E-state index in [1.165, 1.54) is 10.5 Å². The van der Waals surface area contributed by atoms with Gasteiger partial charge in [0.1, 0.15) is 5.84 Å². The summed E-state index contributed by atoms with van der Waals surface area (Å²) in [5, 5.41) is 9.51. The van der Waals surface area contributed by atoms with Crippen LogP contribution in [0.5, 0.6) is 0 Å². The molecule has 148 valence electrons. The molecule has 0 atom stereocenters. The van der Waals surface area contributed by atoms with Gasteiger partial charge in [0.15, 0.2) is 0 Å². The quantitative estimate of drug-likeness (QED) is 0.754. The molecule has 28 heavy (non-hydrogen) atoms. The van der Waals surface area contributed by atoms with E-state index in [9.17, 15) is 0 Å². The molecule has 0 radical (unpaired) electrons. The van der Waals surface area contributed by atoms with Crippen molar-refractivity contribution in [3.8, 4) is 0 Å². The number of aliphatic hydroxyl groups excluding tert-OH is 1. The van der Waals surface area contributed by atoms with Gasteiger partial charge in [0, 0.05) is 53.1 Å². The first-order chi connectivity index (χ1) is 13.7. The van der Waals surface area contributed by atoms with Gasteiger partial charge in [0.25, 0.3) is 0 Å². The highest BCUT2D eigenvalue weighted by Gasteiger charge is 2.25. The summed E-state index contributed by atoms with van der Waals surface area (Å²) in [6.07, 6.45) is 0. The molecule has 0 aromatic heterocycles. The Morgan fingerprint density at radius 2 is 1.86 bits per heavy atom. The molecule has 0 unspecified atom stereocenters. The molecule has 1 saturated heterocycles. The fourth-order valence-corrected chi connectivity index (χ4v) is 4.65. The monoisotopic (exact) mass is 417 g/mol. The van der Waals surface area contributed by atoms with Crippen LogP contribution in [-0.4, -0.2) is 73.3 Å². The summed E-state index contributed by atoms with van der Waals surface area (Å²) >= 11 is 7.99. The lowest BCUT2D eigenvalue weighted by molar-refractivity contribution is 0.0652. The van der Waals surface area contributed by atoms with Crippen molar-refractivity contribution in [3.63, 3.8) is 0 Å². The number of hydrogen-bond donors (Lipinski definition) is 1. The minimum absolute atomic E-state index is 0.0799. The van der Waals surface area contributed by atoms with E-state index < -0.39 is 0 Å². The first-order valence-electron chi connectivity index (χ1n) is 9.56. The topological polar surface area (TPSA) is 48.3 Å². The SMILES string of the molecule is OCCOCCN1CCN(C2=Nc3cc(Cl)ccc3Sc3ccccc32)CC1.